The molecule has 0 unspecified atom stereocenters. The van der Waals surface area contributed by atoms with Crippen molar-refractivity contribution in [3.63, 3.8) is 0 Å². The summed E-state index contributed by atoms with van der Waals surface area (Å²) < 4.78 is 1.83. The third-order valence-electron chi connectivity index (χ3n) is 3.71. The van der Waals surface area contributed by atoms with E-state index in [1.807, 2.05) is 35.1 Å². The maximum absolute atomic E-state index is 12.0. The van der Waals surface area contributed by atoms with Crippen molar-refractivity contribution in [2.45, 2.75) is 39.2 Å². The van der Waals surface area contributed by atoms with Gasteiger partial charge in [0, 0.05) is 31.8 Å². The number of aromatic nitrogens is 3. The summed E-state index contributed by atoms with van der Waals surface area (Å²) in [6.45, 7) is 4.97. The van der Waals surface area contributed by atoms with Gasteiger partial charge in [-0.1, -0.05) is 37.6 Å². The van der Waals surface area contributed by atoms with Gasteiger partial charge >= 0.3 is 0 Å². The molecule has 118 valence electrons. The highest BCUT2D eigenvalue weighted by Gasteiger charge is 2.11. The average molecular weight is 300 g/mol. The summed E-state index contributed by atoms with van der Waals surface area (Å²) in [7, 11) is 3.52. The van der Waals surface area contributed by atoms with Crippen LogP contribution in [0.15, 0.2) is 30.5 Å². The first-order valence-electron chi connectivity index (χ1n) is 7.72. The average Bonchev–Trinajstić information content (AvgIpc) is 2.95. The summed E-state index contributed by atoms with van der Waals surface area (Å²) in [5, 5.41) is 8.45. The molecular weight excluding hydrogens is 276 g/mol. The van der Waals surface area contributed by atoms with E-state index in [4.69, 9.17) is 0 Å². The first-order valence-corrected chi connectivity index (χ1v) is 7.72. The van der Waals surface area contributed by atoms with Crippen molar-refractivity contribution in [3.05, 3.63) is 47.3 Å². The van der Waals surface area contributed by atoms with Gasteiger partial charge in [-0.05, 0) is 24.1 Å². The van der Waals surface area contributed by atoms with Gasteiger partial charge in [-0.25, -0.2) is 4.68 Å². The summed E-state index contributed by atoms with van der Waals surface area (Å²) in [5.41, 5.74) is 2.77. The fourth-order valence-corrected chi connectivity index (χ4v) is 2.45. The fraction of sp³-hybridized carbons (Fsp3) is 0.471. The molecule has 0 bridgehead atoms. The second-order valence-electron chi connectivity index (χ2n) is 5.93. The van der Waals surface area contributed by atoms with Gasteiger partial charge in [0.15, 0.2) is 0 Å². The van der Waals surface area contributed by atoms with E-state index in [-0.39, 0.29) is 5.91 Å². The van der Waals surface area contributed by atoms with Gasteiger partial charge in [0.2, 0.25) is 0 Å². The molecule has 0 aliphatic heterocycles. The molecule has 0 fully saturated rings. The van der Waals surface area contributed by atoms with Crippen LogP contribution in [0.2, 0.25) is 0 Å². The van der Waals surface area contributed by atoms with E-state index in [2.05, 4.69) is 24.2 Å². The van der Waals surface area contributed by atoms with Crippen molar-refractivity contribution < 1.29 is 4.79 Å². The molecule has 5 nitrogen and oxygen atoms in total. The van der Waals surface area contributed by atoms with Gasteiger partial charge in [0.25, 0.3) is 5.91 Å². The standard InChI is InChI=1S/C17H24N4O/c1-5-7-13(2)16-12-21(19-18-16)11-14-8-6-9-15(10-14)17(22)20(3)4/h6,8-10,12-13H,5,7,11H2,1-4H3/t13-/m1/s1. The van der Waals surface area contributed by atoms with E-state index in [1.54, 1.807) is 19.0 Å². The number of amides is 1. The quantitative estimate of drug-likeness (QED) is 0.824. The lowest BCUT2D eigenvalue weighted by molar-refractivity contribution is 0.0827. The van der Waals surface area contributed by atoms with Crippen LogP contribution in [0.5, 0.6) is 0 Å². The zero-order valence-electron chi connectivity index (χ0n) is 13.8. The van der Waals surface area contributed by atoms with E-state index in [9.17, 15) is 4.79 Å². The molecule has 1 heterocycles. The molecule has 1 aromatic heterocycles. The maximum Gasteiger partial charge on any atom is 0.253 e. The Kier molecular flexibility index (Phi) is 5.31. The van der Waals surface area contributed by atoms with Crippen LogP contribution >= 0.6 is 0 Å². The van der Waals surface area contributed by atoms with Crippen molar-refractivity contribution in [1.29, 1.82) is 0 Å². The molecule has 0 saturated carbocycles. The number of hydrogen-bond acceptors (Lipinski definition) is 3. The van der Waals surface area contributed by atoms with E-state index >= 15 is 0 Å². The molecule has 5 heteroatoms. The molecule has 0 spiro atoms. The van der Waals surface area contributed by atoms with Gasteiger partial charge in [-0.3, -0.25) is 4.79 Å². The van der Waals surface area contributed by atoms with Gasteiger partial charge in [-0.2, -0.15) is 0 Å². The Balaban J connectivity index is 2.11. The molecule has 0 N–H and O–H groups in total. The molecule has 2 aromatic rings. The Labute approximate surface area is 131 Å². The number of carbonyl (C=O) groups excluding carboxylic acids is 1. The molecule has 2 rings (SSSR count). The van der Waals surface area contributed by atoms with E-state index in [1.165, 1.54) is 0 Å². The minimum Gasteiger partial charge on any atom is -0.345 e. The largest absolute Gasteiger partial charge is 0.345 e. The smallest absolute Gasteiger partial charge is 0.253 e. The van der Waals surface area contributed by atoms with Crippen molar-refractivity contribution in [1.82, 2.24) is 19.9 Å². The minimum absolute atomic E-state index is 0.0118. The lowest BCUT2D eigenvalue weighted by atomic mass is 10.0. The highest BCUT2D eigenvalue weighted by atomic mass is 16.2. The second kappa shape index (κ2) is 7.20. The normalized spacial score (nSPS) is 12.2. The zero-order valence-corrected chi connectivity index (χ0v) is 13.8. The Morgan fingerprint density at radius 1 is 1.36 bits per heavy atom. The van der Waals surface area contributed by atoms with E-state index in [0.717, 1.165) is 24.1 Å². The summed E-state index contributed by atoms with van der Waals surface area (Å²) in [6, 6.07) is 7.66. The molecule has 1 amide bonds. The fourth-order valence-electron chi connectivity index (χ4n) is 2.45. The van der Waals surface area contributed by atoms with Crippen LogP contribution in [0.1, 0.15) is 54.2 Å². The van der Waals surface area contributed by atoms with Crippen molar-refractivity contribution >= 4 is 5.91 Å². The molecule has 1 atom stereocenters. The van der Waals surface area contributed by atoms with Crippen LogP contribution in [0.25, 0.3) is 0 Å². The Morgan fingerprint density at radius 3 is 2.82 bits per heavy atom. The molecular formula is C17H24N4O. The number of benzene rings is 1. The number of nitrogens with zero attached hydrogens (tertiary/aromatic N) is 4. The van der Waals surface area contributed by atoms with E-state index < -0.39 is 0 Å². The van der Waals surface area contributed by atoms with Crippen LogP contribution in [-0.2, 0) is 6.54 Å². The molecule has 0 aliphatic carbocycles. The van der Waals surface area contributed by atoms with Crippen molar-refractivity contribution in [3.8, 4) is 0 Å². The monoisotopic (exact) mass is 300 g/mol. The molecule has 1 aromatic carbocycles. The Hall–Kier alpha value is -2.17. The third kappa shape index (κ3) is 3.93. The molecule has 22 heavy (non-hydrogen) atoms. The topological polar surface area (TPSA) is 51.0 Å². The van der Waals surface area contributed by atoms with E-state index in [0.29, 0.717) is 18.0 Å². The van der Waals surface area contributed by atoms with Crippen LogP contribution in [0, 0.1) is 0 Å². The predicted molar refractivity (Wildman–Crippen MR) is 86.9 cm³/mol. The van der Waals surface area contributed by atoms with Crippen LogP contribution in [0.4, 0.5) is 0 Å². The van der Waals surface area contributed by atoms with Gasteiger partial charge < -0.3 is 4.90 Å². The molecule has 0 saturated heterocycles. The van der Waals surface area contributed by atoms with Gasteiger partial charge in [0.1, 0.15) is 0 Å². The van der Waals surface area contributed by atoms with Gasteiger partial charge in [0.05, 0.1) is 12.2 Å². The highest BCUT2D eigenvalue weighted by Crippen LogP contribution is 2.18. The highest BCUT2D eigenvalue weighted by molar-refractivity contribution is 5.94. The second-order valence-corrected chi connectivity index (χ2v) is 5.93. The van der Waals surface area contributed by atoms with Gasteiger partial charge in [-0.15, -0.1) is 5.10 Å². The summed E-state index contributed by atoms with van der Waals surface area (Å²) in [6.07, 6.45) is 4.26. The molecule has 0 radical (unpaired) electrons. The first-order chi connectivity index (χ1) is 10.5. The lowest BCUT2D eigenvalue weighted by Crippen LogP contribution is -2.21. The predicted octanol–water partition coefficient (Wildman–Crippen LogP) is 2.93. The Morgan fingerprint density at radius 2 is 2.14 bits per heavy atom. The lowest BCUT2D eigenvalue weighted by Gasteiger charge is -2.11. The number of carbonyl (C=O) groups is 1. The summed E-state index contributed by atoms with van der Waals surface area (Å²) in [4.78, 5) is 13.6. The molecule has 0 aliphatic rings. The van der Waals surface area contributed by atoms with Crippen LogP contribution < -0.4 is 0 Å². The van der Waals surface area contributed by atoms with Crippen LogP contribution in [0.3, 0.4) is 0 Å². The van der Waals surface area contributed by atoms with Crippen molar-refractivity contribution in [2.24, 2.45) is 0 Å². The summed E-state index contributed by atoms with van der Waals surface area (Å²) >= 11 is 0. The summed E-state index contributed by atoms with van der Waals surface area (Å²) in [5.74, 6) is 0.443. The Bertz CT molecular complexity index is 633. The number of hydrogen-bond donors (Lipinski definition) is 0. The maximum atomic E-state index is 12.0. The minimum atomic E-state index is 0.0118. The number of rotatable bonds is 6. The SMILES string of the molecule is CCC[C@@H](C)c1cn(Cc2cccc(C(=O)N(C)C)c2)nn1. The zero-order chi connectivity index (χ0) is 16.1. The van der Waals surface area contributed by atoms with Crippen LogP contribution in [-0.4, -0.2) is 39.9 Å². The third-order valence-corrected chi connectivity index (χ3v) is 3.71. The first kappa shape index (κ1) is 16.2. The van der Waals surface area contributed by atoms with Crippen molar-refractivity contribution in [2.75, 3.05) is 14.1 Å².